The molecule has 1 rings (SSSR count). The zero-order chi connectivity index (χ0) is 13.8. The van der Waals surface area contributed by atoms with Crippen LogP contribution in [0.2, 0.25) is 0 Å². The molecule has 1 aromatic carbocycles. The Bertz CT molecular complexity index is 429. The van der Waals surface area contributed by atoms with Crippen LogP contribution in [-0.2, 0) is 9.53 Å². The molecule has 0 atom stereocenters. The Labute approximate surface area is 130 Å². The molecule has 0 aliphatic carbocycles. The SMILES string of the molecule is CC(C)(C)OC(=O)CCNc1cc(Br)ccc1I. The van der Waals surface area contributed by atoms with E-state index in [0.29, 0.717) is 13.0 Å². The number of hydrogen-bond acceptors (Lipinski definition) is 3. The molecule has 0 aliphatic heterocycles. The van der Waals surface area contributed by atoms with E-state index in [2.05, 4.69) is 43.8 Å². The van der Waals surface area contributed by atoms with Crippen molar-refractivity contribution in [2.45, 2.75) is 32.8 Å². The van der Waals surface area contributed by atoms with Gasteiger partial charge in [0.05, 0.1) is 6.42 Å². The standard InChI is InChI=1S/C13H17BrINO2/c1-13(2,3)18-12(17)6-7-16-11-8-9(14)4-5-10(11)15/h4-5,8,16H,6-7H2,1-3H3. The minimum atomic E-state index is -0.415. The summed E-state index contributed by atoms with van der Waals surface area (Å²) in [4.78, 5) is 11.5. The first-order valence-corrected chi connectivity index (χ1v) is 7.56. The van der Waals surface area contributed by atoms with Gasteiger partial charge in [-0.15, -0.1) is 0 Å². The molecule has 1 N–H and O–H groups in total. The van der Waals surface area contributed by atoms with E-state index in [1.807, 2.05) is 39.0 Å². The lowest BCUT2D eigenvalue weighted by atomic mass is 10.2. The number of esters is 1. The zero-order valence-electron chi connectivity index (χ0n) is 10.7. The molecule has 0 saturated heterocycles. The molecule has 3 nitrogen and oxygen atoms in total. The Hall–Kier alpha value is -0.300. The van der Waals surface area contributed by atoms with Crippen LogP contribution in [0, 0.1) is 3.57 Å². The maximum atomic E-state index is 11.5. The fourth-order valence-corrected chi connectivity index (χ4v) is 2.21. The topological polar surface area (TPSA) is 38.3 Å². The summed E-state index contributed by atoms with van der Waals surface area (Å²) < 4.78 is 7.38. The molecule has 0 amide bonds. The van der Waals surface area contributed by atoms with Crippen molar-refractivity contribution < 1.29 is 9.53 Å². The minimum Gasteiger partial charge on any atom is -0.460 e. The van der Waals surface area contributed by atoms with Gasteiger partial charge in [-0.3, -0.25) is 4.79 Å². The molecule has 0 fully saturated rings. The van der Waals surface area contributed by atoms with Gasteiger partial charge in [0.1, 0.15) is 5.60 Å². The van der Waals surface area contributed by atoms with Gasteiger partial charge in [0, 0.05) is 20.3 Å². The molecule has 0 saturated carbocycles. The summed E-state index contributed by atoms with van der Waals surface area (Å²) in [5.41, 5.74) is 0.606. The number of ether oxygens (including phenoxy) is 1. The van der Waals surface area contributed by atoms with Crippen LogP contribution < -0.4 is 5.32 Å². The molecule has 100 valence electrons. The number of hydrogen-bond donors (Lipinski definition) is 1. The fourth-order valence-electron chi connectivity index (χ4n) is 1.32. The van der Waals surface area contributed by atoms with Crippen LogP contribution >= 0.6 is 38.5 Å². The lowest BCUT2D eigenvalue weighted by Gasteiger charge is -2.19. The van der Waals surface area contributed by atoms with Crippen LogP contribution in [0.3, 0.4) is 0 Å². The summed E-state index contributed by atoms with van der Waals surface area (Å²) in [6.45, 7) is 6.18. The molecule has 1 aromatic rings. The lowest BCUT2D eigenvalue weighted by molar-refractivity contribution is -0.154. The smallest absolute Gasteiger partial charge is 0.308 e. The third-order valence-corrected chi connectivity index (χ3v) is 3.43. The van der Waals surface area contributed by atoms with Crippen LogP contribution in [0.4, 0.5) is 5.69 Å². The van der Waals surface area contributed by atoms with Gasteiger partial charge in [-0.25, -0.2) is 0 Å². The summed E-state index contributed by atoms with van der Waals surface area (Å²) in [7, 11) is 0. The van der Waals surface area contributed by atoms with Crippen molar-refractivity contribution in [1.82, 2.24) is 0 Å². The van der Waals surface area contributed by atoms with Crippen LogP contribution in [0.25, 0.3) is 0 Å². The highest BCUT2D eigenvalue weighted by Gasteiger charge is 2.15. The van der Waals surface area contributed by atoms with E-state index in [0.717, 1.165) is 13.7 Å². The molecule has 0 spiro atoms. The number of halogens is 2. The highest BCUT2D eigenvalue weighted by molar-refractivity contribution is 14.1. The lowest BCUT2D eigenvalue weighted by Crippen LogP contribution is -2.25. The van der Waals surface area contributed by atoms with E-state index in [1.54, 1.807) is 0 Å². The monoisotopic (exact) mass is 425 g/mol. The van der Waals surface area contributed by atoms with Crippen molar-refractivity contribution in [2.24, 2.45) is 0 Å². The van der Waals surface area contributed by atoms with Crippen molar-refractivity contribution >= 4 is 50.2 Å². The Morgan fingerprint density at radius 3 is 2.72 bits per heavy atom. The third-order valence-electron chi connectivity index (χ3n) is 1.99. The Kier molecular flexibility index (Phi) is 5.91. The molecular formula is C13H17BrINO2. The normalized spacial score (nSPS) is 11.2. The molecule has 0 radical (unpaired) electrons. The van der Waals surface area contributed by atoms with Crippen LogP contribution in [-0.4, -0.2) is 18.1 Å². The molecule has 5 heteroatoms. The average molecular weight is 426 g/mol. The van der Waals surface area contributed by atoms with Crippen LogP contribution in [0.15, 0.2) is 22.7 Å². The number of rotatable bonds is 4. The summed E-state index contributed by atoms with van der Waals surface area (Å²) in [6, 6.07) is 6.00. The Balaban J connectivity index is 2.42. The van der Waals surface area contributed by atoms with E-state index in [4.69, 9.17) is 4.74 Å². The van der Waals surface area contributed by atoms with Crippen molar-refractivity contribution in [3.8, 4) is 0 Å². The van der Waals surface area contributed by atoms with Gasteiger partial charge in [0.25, 0.3) is 0 Å². The van der Waals surface area contributed by atoms with Gasteiger partial charge >= 0.3 is 5.97 Å². The predicted octanol–water partition coefficient (Wildman–Crippen LogP) is 4.20. The maximum Gasteiger partial charge on any atom is 0.308 e. The minimum absolute atomic E-state index is 0.181. The van der Waals surface area contributed by atoms with Crippen molar-refractivity contribution in [3.63, 3.8) is 0 Å². The highest BCUT2D eigenvalue weighted by atomic mass is 127. The van der Waals surface area contributed by atoms with Gasteiger partial charge in [-0.05, 0) is 61.6 Å². The number of anilines is 1. The van der Waals surface area contributed by atoms with Crippen LogP contribution in [0.1, 0.15) is 27.2 Å². The Morgan fingerprint density at radius 1 is 1.44 bits per heavy atom. The predicted molar refractivity (Wildman–Crippen MR) is 85.8 cm³/mol. The zero-order valence-corrected chi connectivity index (χ0v) is 14.5. The molecule has 0 bridgehead atoms. The van der Waals surface area contributed by atoms with E-state index >= 15 is 0 Å². The molecule has 0 aromatic heterocycles. The van der Waals surface area contributed by atoms with Gasteiger partial charge in [0.2, 0.25) is 0 Å². The molecular weight excluding hydrogens is 409 g/mol. The van der Waals surface area contributed by atoms with Gasteiger partial charge in [-0.1, -0.05) is 15.9 Å². The summed E-state index contributed by atoms with van der Waals surface area (Å²) in [5, 5.41) is 3.23. The van der Waals surface area contributed by atoms with Crippen LogP contribution in [0.5, 0.6) is 0 Å². The quantitative estimate of drug-likeness (QED) is 0.580. The second kappa shape index (κ2) is 6.75. The van der Waals surface area contributed by atoms with Gasteiger partial charge < -0.3 is 10.1 Å². The van der Waals surface area contributed by atoms with Gasteiger partial charge in [-0.2, -0.15) is 0 Å². The van der Waals surface area contributed by atoms with Crippen molar-refractivity contribution in [3.05, 3.63) is 26.2 Å². The van der Waals surface area contributed by atoms with E-state index in [9.17, 15) is 4.79 Å². The first-order chi connectivity index (χ1) is 8.28. The molecule has 0 heterocycles. The maximum absolute atomic E-state index is 11.5. The second-order valence-corrected chi connectivity index (χ2v) is 6.97. The van der Waals surface area contributed by atoms with Crippen molar-refractivity contribution in [1.29, 1.82) is 0 Å². The average Bonchev–Trinajstić information content (AvgIpc) is 2.20. The second-order valence-electron chi connectivity index (χ2n) is 4.89. The summed E-state index contributed by atoms with van der Waals surface area (Å²) in [5.74, 6) is -0.181. The van der Waals surface area contributed by atoms with E-state index < -0.39 is 5.60 Å². The van der Waals surface area contributed by atoms with Gasteiger partial charge in [0.15, 0.2) is 0 Å². The van der Waals surface area contributed by atoms with E-state index in [1.165, 1.54) is 0 Å². The fraction of sp³-hybridized carbons (Fsp3) is 0.462. The molecule has 0 unspecified atom stereocenters. The number of nitrogens with one attached hydrogen (secondary N) is 1. The Morgan fingerprint density at radius 2 is 2.11 bits per heavy atom. The molecule has 0 aliphatic rings. The largest absolute Gasteiger partial charge is 0.460 e. The third kappa shape index (κ3) is 6.04. The van der Waals surface area contributed by atoms with E-state index in [-0.39, 0.29) is 5.97 Å². The highest BCUT2D eigenvalue weighted by Crippen LogP contribution is 2.22. The summed E-state index contributed by atoms with van der Waals surface area (Å²) in [6.07, 6.45) is 0.361. The number of carbonyl (C=O) groups excluding carboxylic acids is 1. The number of carbonyl (C=O) groups is 1. The first-order valence-electron chi connectivity index (χ1n) is 5.69. The number of benzene rings is 1. The first kappa shape index (κ1) is 15.8. The molecule has 18 heavy (non-hydrogen) atoms. The van der Waals surface area contributed by atoms with Crippen molar-refractivity contribution in [2.75, 3.05) is 11.9 Å². The summed E-state index contributed by atoms with van der Waals surface area (Å²) >= 11 is 5.68.